The minimum Gasteiger partial charge on any atom is -0.370 e. The van der Waals surface area contributed by atoms with Crippen LogP contribution in [0.3, 0.4) is 0 Å². The van der Waals surface area contributed by atoms with Crippen molar-refractivity contribution >= 4 is 17.3 Å². The Hall–Kier alpha value is -0.730. The lowest BCUT2D eigenvalue weighted by Gasteiger charge is -2.30. The molecule has 1 aromatic rings. The molecule has 0 aromatic heterocycles. The van der Waals surface area contributed by atoms with Crippen molar-refractivity contribution < 1.29 is 0 Å². The van der Waals surface area contributed by atoms with E-state index < -0.39 is 0 Å². The van der Waals surface area contributed by atoms with E-state index in [0.29, 0.717) is 6.54 Å². The molecule has 16 heavy (non-hydrogen) atoms. The summed E-state index contributed by atoms with van der Waals surface area (Å²) in [6.07, 6.45) is 4.82. The maximum absolute atomic E-state index is 6.26. The van der Waals surface area contributed by atoms with Crippen LogP contribution in [0.4, 0.5) is 5.69 Å². The first-order valence-electron chi connectivity index (χ1n) is 6.04. The topological polar surface area (TPSA) is 29.3 Å². The highest BCUT2D eigenvalue weighted by Crippen LogP contribution is 2.29. The summed E-state index contributed by atoms with van der Waals surface area (Å²) in [4.78, 5) is 2.39. The lowest BCUT2D eigenvalue weighted by atomic mass is 10.1. The molecule has 0 radical (unpaired) electrons. The zero-order chi connectivity index (χ0) is 11.4. The molecule has 1 aromatic carbocycles. The van der Waals surface area contributed by atoms with Crippen molar-refractivity contribution in [2.24, 2.45) is 5.73 Å². The molecule has 1 aliphatic heterocycles. The summed E-state index contributed by atoms with van der Waals surface area (Å²) in [5.74, 6) is 0. The van der Waals surface area contributed by atoms with Crippen molar-refractivity contribution in [3.8, 4) is 0 Å². The van der Waals surface area contributed by atoms with Gasteiger partial charge >= 0.3 is 0 Å². The molecule has 0 amide bonds. The third-order valence-corrected chi connectivity index (χ3v) is 3.46. The third-order valence-electron chi connectivity index (χ3n) is 3.14. The monoisotopic (exact) mass is 238 g/mol. The van der Waals surface area contributed by atoms with Crippen LogP contribution in [0.15, 0.2) is 18.2 Å². The fourth-order valence-corrected chi connectivity index (χ4v) is 2.49. The van der Waals surface area contributed by atoms with E-state index in [0.717, 1.165) is 24.5 Å². The average Bonchev–Trinajstić information content (AvgIpc) is 2.33. The quantitative estimate of drug-likeness (QED) is 0.878. The molecule has 0 spiro atoms. The van der Waals surface area contributed by atoms with Gasteiger partial charge in [-0.1, -0.05) is 17.7 Å². The number of nitrogens with two attached hydrogens (primary N) is 1. The Kier molecular flexibility index (Phi) is 4.08. The highest BCUT2D eigenvalue weighted by Gasteiger charge is 2.13. The molecule has 2 rings (SSSR count). The van der Waals surface area contributed by atoms with E-state index >= 15 is 0 Å². The zero-order valence-electron chi connectivity index (χ0n) is 9.58. The molecule has 0 atom stereocenters. The summed E-state index contributed by atoms with van der Waals surface area (Å²) in [7, 11) is 0. The van der Waals surface area contributed by atoms with Crippen molar-refractivity contribution in [3.05, 3.63) is 28.8 Å². The van der Waals surface area contributed by atoms with Crippen LogP contribution < -0.4 is 10.6 Å². The number of hydrogen-bond acceptors (Lipinski definition) is 2. The van der Waals surface area contributed by atoms with Gasteiger partial charge in [0.15, 0.2) is 0 Å². The highest BCUT2D eigenvalue weighted by atomic mass is 35.5. The van der Waals surface area contributed by atoms with Crippen molar-refractivity contribution in [2.75, 3.05) is 24.5 Å². The minimum absolute atomic E-state index is 0.696. The maximum Gasteiger partial charge on any atom is 0.0639 e. The van der Waals surface area contributed by atoms with E-state index in [-0.39, 0.29) is 0 Å². The van der Waals surface area contributed by atoms with Gasteiger partial charge in [-0.05, 0) is 49.9 Å². The smallest absolute Gasteiger partial charge is 0.0639 e. The number of halogens is 1. The van der Waals surface area contributed by atoms with Crippen LogP contribution in [0, 0.1) is 0 Å². The number of piperidine rings is 1. The number of rotatable bonds is 3. The third kappa shape index (κ3) is 2.69. The Bertz CT molecular complexity index is 346. The second-order valence-corrected chi connectivity index (χ2v) is 4.78. The number of hydrogen-bond donors (Lipinski definition) is 1. The first-order valence-corrected chi connectivity index (χ1v) is 6.42. The normalized spacial score (nSPS) is 16.5. The van der Waals surface area contributed by atoms with E-state index in [1.165, 1.54) is 30.5 Å². The lowest BCUT2D eigenvalue weighted by molar-refractivity contribution is 0.578. The van der Waals surface area contributed by atoms with Gasteiger partial charge < -0.3 is 10.6 Å². The van der Waals surface area contributed by atoms with E-state index in [1.807, 2.05) is 6.07 Å². The van der Waals surface area contributed by atoms with Gasteiger partial charge in [-0.3, -0.25) is 0 Å². The molecular weight excluding hydrogens is 220 g/mol. The minimum atomic E-state index is 0.696. The molecule has 2 N–H and O–H groups in total. The van der Waals surface area contributed by atoms with Gasteiger partial charge in [-0.15, -0.1) is 0 Å². The molecule has 0 aliphatic carbocycles. The number of benzene rings is 1. The maximum atomic E-state index is 6.26. The molecule has 0 unspecified atom stereocenters. The summed E-state index contributed by atoms with van der Waals surface area (Å²) < 4.78 is 0. The van der Waals surface area contributed by atoms with Gasteiger partial charge in [-0.2, -0.15) is 0 Å². The fourth-order valence-electron chi connectivity index (χ4n) is 2.26. The molecule has 1 saturated heterocycles. The molecule has 1 heterocycles. The first-order chi connectivity index (χ1) is 7.81. The Morgan fingerprint density at radius 3 is 2.62 bits per heavy atom. The van der Waals surface area contributed by atoms with Crippen LogP contribution in [-0.4, -0.2) is 19.6 Å². The van der Waals surface area contributed by atoms with Crippen molar-refractivity contribution in [1.29, 1.82) is 0 Å². The van der Waals surface area contributed by atoms with Crippen molar-refractivity contribution in [3.63, 3.8) is 0 Å². The van der Waals surface area contributed by atoms with E-state index in [9.17, 15) is 0 Å². The SMILES string of the molecule is NCCc1ccc(Cl)c(N2CCCCC2)c1. The van der Waals surface area contributed by atoms with Crippen LogP contribution in [-0.2, 0) is 6.42 Å². The van der Waals surface area contributed by atoms with Gasteiger partial charge in [0.25, 0.3) is 0 Å². The van der Waals surface area contributed by atoms with E-state index in [2.05, 4.69) is 17.0 Å². The van der Waals surface area contributed by atoms with Gasteiger partial charge in [-0.25, -0.2) is 0 Å². The second kappa shape index (κ2) is 5.55. The van der Waals surface area contributed by atoms with Crippen LogP contribution in [0.1, 0.15) is 24.8 Å². The summed E-state index contributed by atoms with van der Waals surface area (Å²) >= 11 is 6.26. The van der Waals surface area contributed by atoms with Gasteiger partial charge in [0.1, 0.15) is 0 Å². The fraction of sp³-hybridized carbons (Fsp3) is 0.538. The predicted octanol–water partition coefficient (Wildman–Crippen LogP) is 2.83. The van der Waals surface area contributed by atoms with E-state index in [4.69, 9.17) is 17.3 Å². The van der Waals surface area contributed by atoms with Gasteiger partial charge in [0.05, 0.1) is 10.7 Å². The molecule has 0 saturated carbocycles. The molecule has 1 fully saturated rings. The first kappa shape index (κ1) is 11.7. The van der Waals surface area contributed by atoms with E-state index in [1.54, 1.807) is 0 Å². The predicted molar refractivity (Wildman–Crippen MR) is 70.3 cm³/mol. The van der Waals surface area contributed by atoms with Gasteiger partial charge in [0, 0.05) is 13.1 Å². The molecule has 3 heteroatoms. The van der Waals surface area contributed by atoms with Crippen LogP contribution >= 0.6 is 11.6 Å². The standard InChI is InChI=1S/C13H19ClN2/c14-12-5-4-11(6-7-15)10-13(12)16-8-2-1-3-9-16/h4-5,10H,1-3,6-9,15H2. The Balaban J connectivity index is 2.19. The Morgan fingerprint density at radius 2 is 1.94 bits per heavy atom. The average molecular weight is 239 g/mol. The summed E-state index contributed by atoms with van der Waals surface area (Å²) in [5, 5.41) is 0.864. The molecule has 2 nitrogen and oxygen atoms in total. The van der Waals surface area contributed by atoms with Gasteiger partial charge in [0.2, 0.25) is 0 Å². The van der Waals surface area contributed by atoms with Crippen LogP contribution in [0.2, 0.25) is 5.02 Å². The summed E-state index contributed by atoms with van der Waals surface area (Å²) in [5.41, 5.74) is 8.05. The molecule has 0 bridgehead atoms. The Labute approximate surface area is 102 Å². The largest absolute Gasteiger partial charge is 0.370 e. The summed E-state index contributed by atoms with van der Waals surface area (Å²) in [6, 6.07) is 6.26. The lowest BCUT2D eigenvalue weighted by Crippen LogP contribution is -2.29. The molecular formula is C13H19ClN2. The highest BCUT2D eigenvalue weighted by molar-refractivity contribution is 6.33. The van der Waals surface area contributed by atoms with Crippen LogP contribution in [0.25, 0.3) is 0 Å². The van der Waals surface area contributed by atoms with Crippen LogP contribution in [0.5, 0.6) is 0 Å². The Morgan fingerprint density at radius 1 is 1.19 bits per heavy atom. The molecule has 88 valence electrons. The second-order valence-electron chi connectivity index (χ2n) is 4.37. The number of nitrogens with zero attached hydrogens (tertiary/aromatic N) is 1. The number of anilines is 1. The van der Waals surface area contributed by atoms with Crippen molar-refractivity contribution in [2.45, 2.75) is 25.7 Å². The summed E-state index contributed by atoms with van der Waals surface area (Å²) in [6.45, 7) is 2.96. The molecule has 1 aliphatic rings. The zero-order valence-corrected chi connectivity index (χ0v) is 10.3. The van der Waals surface area contributed by atoms with Crippen molar-refractivity contribution in [1.82, 2.24) is 0 Å².